The first-order valence-electron chi connectivity index (χ1n) is 9.38. The number of halogens is 1. The molecule has 0 saturated carbocycles. The van der Waals surface area contributed by atoms with E-state index in [0.717, 1.165) is 20.9 Å². The summed E-state index contributed by atoms with van der Waals surface area (Å²) in [6.45, 7) is 4.34. The van der Waals surface area contributed by atoms with Crippen molar-refractivity contribution in [3.63, 3.8) is 0 Å². The summed E-state index contributed by atoms with van der Waals surface area (Å²) in [4.78, 5) is 18.4. The minimum atomic E-state index is -0.250. The van der Waals surface area contributed by atoms with Gasteiger partial charge in [0, 0.05) is 30.0 Å². The average Bonchev–Trinajstić information content (AvgIpc) is 3.07. The molecule has 0 bridgehead atoms. The van der Waals surface area contributed by atoms with Crippen molar-refractivity contribution < 1.29 is 18.7 Å². The second-order valence-electron chi connectivity index (χ2n) is 6.37. The van der Waals surface area contributed by atoms with E-state index < -0.39 is 0 Å². The van der Waals surface area contributed by atoms with E-state index in [0.29, 0.717) is 35.7 Å². The number of fused-ring (bicyclic) bond motifs is 1. The number of amides is 1. The van der Waals surface area contributed by atoms with Crippen LogP contribution in [0.25, 0.3) is 10.2 Å². The number of hydrogen-bond acceptors (Lipinski definition) is 5. The molecule has 1 heterocycles. The molecule has 0 aliphatic rings. The number of carbonyl (C=O) groups excluding carboxylic acids is 1. The van der Waals surface area contributed by atoms with Gasteiger partial charge in [0.1, 0.15) is 5.82 Å². The lowest BCUT2D eigenvalue weighted by atomic mass is 10.3. The maximum atomic E-state index is 12.9. The molecule has 2 aromatic carbocycles. The summed E-state index contributed by atoms with van der Waals surface area (Å²) in [5.74, 6) is 1.60. The lowest BCUT2D eigenvalue weighted by Crippen LogP contribution is -2.16. The Kier molecular flexibility index (Phi) is 7.70. The highest BCUT2D eigenvalue weighted by molar-refractivity contribution is 7.99. The van der Waals surface area contributed by atoms with Crippen LogP contribution >= 0.6 is 23.1 Å². The number of rotatable bonds is 9. The highest BCUT2D eigenvalue weighted by atomic mass is 32.2. The molecule has 0 radical (unpaired) electrons. The summed E-state index contributed by atoms with van der Waals surface area (Å²) in [7, 11) is 3.18. The SMILES string of the molecule is C=CCn1c(=NC(=O)CCCSc2ccc(F)cc2)sc2cc(OC)c(OC)cc21. The minimum Gasteiger partial charge on any atom is -0.493 e. The molecule has 3 rings (SSSR count). The van der Waals surface area contributed by atoms with Gasteiger partial charge in [0.2, 0.25) is 5.91 Å². The Morgan fingerprint density at radius 1 is 1.23 bits per heavy atom. The van der Waals surface area contributed by atoms with Crippen molar-refractivity contribution in [3.05, 3.63) is 59.7 Å². The lowest BCUT2D eigenvalue weighted by molar-refractivity contribution is -0.118. The maximum absolute atomic E-state index is 12.9. The fourth-order valence-corrected chi connectivity index (χ4v) is 4.81. The summed E-state index contributed by atoms with van der Waals surface area (Å²) in [6.07, 6.45) is 2.81. The molecule has 30 heavy (non-hydrogen) atoms. The van der Waals surface area contributed by atoms with Gasteiger partial charge in [-0.15, -0.1) is 18.3 Å². The van der Waals surface area contributed by atoms with Crippen LogP contribution in [0.1, 0.15) is 12.8 Å². The third-order valence-electron chi connectivity index (χ3n) is 4.34. The van der Waals surface area contributed by atoms with Crippen LogP contribution in [0.15, 0.2) is 58.9 Å². The Labute approximate surface area is 182 Å². The van der Waals surface area contributed by atoms with E-state index in [4.69, 9.17) is 9.47 Å². The van der Waals surface area contributed by atoms with E-state index >= 15 is 0 Å². The molecule has 0 atom stereocenters. The molecule has 0 aliphatic carbocycles. The first kappa shape index (κ1) is 22.1. The van der Waals surface area contributed by atoms with Gasteiger partial charge in [0.05, 0.1) is 24.4 Å². The molecule has 0 spiro atoms. The van der Waals surface area contributed by atoms with Crippen molar-refractivity contribution in [1.82, 2.24) is 4.57 Å². The number of benzene rings is 2. The van der Waals surface area contributed by atoms with Crippen LogP contribution in [-0.4, -0.2) is 30.4 Å². The third kappa shape index (κ3) is 5.31. The predicted octanol–water partition coefficient (Wildman–Crippen LogP) is 5.04. The molecule has 8 heteroatoms. The second kappa shape index (κ2) is 10.4. The number of aromatic nitrogens is 1. The van der Waals surface area contributed by atoms with Crippen molar-refractivity contribution in [1.29, 1.82) is 0 Å². The number of nitrogens with zero attached hydrogens (tertiary/aromatic N) is 2. The molecule has 0 saturated heterocycles. The quantitative estimate of drug-likeness (QED) is 0.262. The molecule has 158 valence electrons. The van der Waals surface area contributed by atoms with Crippen LogP contribution in [0.4, 0.5) is 4.39 Å². The predicted molar refractivity (Wildman–Crippen MR) is 120 cm³/mol. The van der Waals surface area contributed by atoms with Gasteiger partial charge < -0.3 is 14.0 Å². The smallest absolute Gasteiger partial charge is 0.248 e. The Hall–Kier alpha value is -2.58. The highest BCUT2D eigenvalue weighted by Gasteiger charge is 2.12. The number of methoxy groups -OCH3 is 2. The Bertz CT molecular complexity index is 1100. The highest BCUT2D eigenvalue weighted by Crippen LogP contribution is 2.33. The molecular formula is C22H23FN2O3S2. The molecular weight excluding hydrogens is 423 g/mol. The summed E-state index contributed by atoms with van der Waals surface area (Å²) in [6, 6.07) is 10.1. The van der Waals surface area contributed by atoms with Gasteiger partial charge >= 0.3 is 0 Å². The largest absolute Gasteiger partial charge is 0.493 e. The molecule has 0 fully saturated rings. The van der Waals surface area contributed by atoms with Crippen LogP contribution in [-0.2, 0) is 11.3 Å². The van der Waals surface area contributed by atoms with Crippen LogP contribution in [0.2, 0.25) is 0 Å². The van der Waals surface area contributed by atoms with Gasteiger partial charge in [-0.3, -0.25) is 4.79 Å². The molecule has 1 aromatic heterocycles. The van der Waals surface area contributed by atoms with Crippen molar-refractivity contribution in [3.8, 4) is 11.5 Å². The van der Waals surface area contributed by atoms with Crippen molar-refractivity contribution >= 4 is 39.2 Å². The fraction of sp³-hybridized carbons (Fsp3) is 0.273. The maximum Gasteiger partial charge on any atom is 0.248 e. The third-order valence-corrected chi connectivity index (χ3v) is 6.48. The fourth-order valence-electron chi connectivity index (χ4n) is 2.89. The number of ether oxygens (including phenoxy) is 2. The van der Waals surface area contributed by atoms with Gasteiger partial charge in [-0.1, -0.05) is 17.4 Å². The number of carbonyl (C=O) groups is 1. The molecule has 0 N–H and O–H groups in total. The second-order valence-corrected chi connectivity index (χ2v) is 8.55. The van der Waals surface area contributed by atoms with Crippen LogP contribution in [0, 0.1) is 5.82 Å². The molecule has 3 aromatic rings. The summed E-state index contributed by atoms with van der Waals surface area (Å²) >= 11 is 3.03. The van der Waals surface area contributed by atoms with Crippen LogP contribution in [0.5, 0.6) is 11.5 Å². The lowest BCUT2D eigenvalue weighted by Gasteiger charge is -2.08. The first-order valence-corrected chi connectivity index (χ1v) is 11.2. The monoisotopic (exact) mass is 446 g/mol. The van der Waals surface area contributed by atoms with Gasteiger partial charge in [-0.2, -0.15) is 4.99 Å². The van der Waals surface area contributed by atoms with Gasteiger partial charge in [-0.25, -0.2) is 4.39 Å². The standard InChI is InChI=1S/C22H23FN2O3S2/c1-4-11-25-17-13-18(27-2)19(28-3)14-20(17)30-22(25)24-21(26)6-5-12-29-16-9-7-15(23)8-10-16/h4,7-10,13-14H,1,5-6,11-12H2,2-3H3. The average molecular weight is 447 g/mol. The van der Waals surface area contributed by atoms with E-state index in [2.05, 4.69) is 11.6 Å². The van der Waals surface area contributed by atoms with Crippen LogP contribution in [0.3, 0.4) is 0 Å². The molecule has 1 amide bonds. The zero-order valence-corrected chi connectivity index (χ0v) is 18.5. The Morgan fingerprint density at radius 3 is 2.60 bits per heavy atom. The van der Waals surface area contributed by atoms with Gasteiger partial charge in [-0.05, 0) is 36.4 Å². The van der Waals surface area contributed by atoms with E-state index in [9.17, 15) is 9.18 Å². The summed E-state index contributed by atoms with van der Waals surface area (Å²) in [5, 5.41) is 0. The topological polar surface area (TPSA) is 52.8 Å². The van der Waals surface area contributed by atoms with E-state index in [1.54, 1.807) is 44.2 Å². The van der Waals surface area contributed by atoms with Crippen molar-refractivity contribution in [2.24, 2.45) is 4.99 Å². The molecule has 0 unspecified atom stereocenters. The first-order chi connectivity index (χ1) is 14.5. The van der Waals surface area contributed by atoms with Crippen molar-refractivity contribution in [2.45, 2.75) is 24.3 Å². The zero-order valence-electron chi connectivity index (χ0n) is 16.9. The molecule has 0 aliphatic heterocycles. The normalized spacial score (nSPS) is 11.6. The summed E-state index contributed by atoms with van der Waals surface area (Å²) < 4.78 is 26.6. The van der Waals surface area contributed by atoms with Crippen LogP contribution < -0.4 is 14.3 Å². The number of thioether (sulfide) groups is 1. The number of thiazole rings is 1. The number of allylic oxidation sites excluding steroid dienone is 1. The van der Waals surface area contributed by atoms with Gasteiger partial charge in [0.15, 0.2) is 16.3 Å². The minimum absolute atomic E-state index is 0.169. The van der Waals surface area contributed by atoms with E-state index in [1.165, 1.54) is 23.5 Å². The van der Waals surface area contributed by atoms with E-state index in [-0.39, 0.29) is 11.7 Å². The Balaban J connectivity index is 1.74. The number of hydrogen-bond donors (Lipinski definition) is 0. The Morgan fingerprint density at radius 2 is 1.93 bits per heavy atom. The van der Waals surface area contributed by atoms with Gasteiger partial charge in [0.25, 0.3) is 0 Å². The van der Waals surface area contributed by atoms with Crippen molar-refractivity contribution in [2.75, 3.05) is 20.0 Å². The summed E-state index contributed by atoms with van der Waals surface area (Å²) in [5.41, 5.74) is 0.913. The zero-order chi connectivity index (χ0) is 21.5. The van der Waals surface area contributed by atoms with E-state index in [1.807, 2.05) is 16.7 Å². The molecule has 5 nitrogen and oxygen atoms in total.